The number of nitrogens with one attached hydrogen (secondary N) is 3. The SMILES string of the molecule is C[C@@H](C(=O)NC(C(=O)N1Cc2cc(NC(=O)C(F)(F)C(F)(F)C(F)(F)C(=O)O)ccc2CC1C(=O)NC1CCCc2ccccc21)C(C)(C)C)N(C)C(=O)OC(C)(C)C. The molecule has 2 aromatic carbocycles. The van der Waals surface area contributed by atoms with Gasteiger partial charge in [-0.3, -0.25) is 24.1 Å². The number of likely N-dealkylation sites (N-methyl/N-ethyl adjacent to an activating group) is 1. The van der Waals surface area contributed by atoms with Crippen molar-refractivity contribution in [3.05, 3.63) is 64.7 Å². The summed E-state index contributed by atoms with van der Waals surface area (Å²) in [5.74, 6) is -27.8. The van der Waals surface area contributed by atoms with Gasteiger partial charge in [-0.1, -0.05) is 51.1 Å². The highest BCUT2D eigenvalue weighted by Gasteiger charge is 2.78. The van der Waals surface area contributed by atoms with E-state index in [4.69, 9.17) is 9.84 Å². The number of anilines is 1. The number of fused-ring (bicyclic) bond motifs is 2. The van der Waals surface area contributed by atoms with E-state index in [1.54, 1.807) is 41.5 Å². The Bertz CT molecular complexity index is 1980. The molecule has 5 amide bonds. The molecule has 1 heterocycles. The Hall–Kier alpha value is -5.36. The van der Waals surface area contributed by atoms with E-state index in [1.807, 2.05) is 24.3 Å². The van der Waals surface area contributed by atoms with E-state index in [0.717, 1.165) is 45.9 Å². The summed E-state index contributed by atoms with van der Waals surface area (Å²) in [6.45, 7) is 10.8. The molecule has 2 aliphatic rings. The van der Waals surface area contributed by atoms with Gasteiger partial charge in [0.1, 0.15) is 23.7 Å². The van der Waals surface area contributed by atoms with Gasteiger partial charge >= 0.3 is 35.7 Å². The van der Waals surface area contributed by atoms with Crippen LogP contribution in [0, 0.1) is 5.41 Å². The Labute approximate surface area is 337 Å². The maximum absolute atomic E-state index is 14.7. The molecule has 4 N–H and O–H groups in total. The van der Waals surface area contributed by atoms with Crippen LogP contribution in [-0.2, 0) is 48.1 Å². The van der Waals surface area contributed by atoms with E-state index in [2.05, 4.69) is 10.6 Å². The van der Waals surface area contributed by atoms with Gasteiger partial charge in [0, 0.05) is 25.7 Å². The first-order chi connectivity index (χ1) is 27.0. The first-order valence-corrected chi connectivity index (χ1v) is 18.8. The fourth-order valence-electron chi connectivity index (χ4n) is 6.73. The second-order valence-electron chi connectivity index (χ2n) is 16.9. The molecular formula is C40H49F6N5O8. The average Bonchev–Trinajstić information content (AvgIpc) is 3.14. The first-order valence-electron chi connectivity index (χ1n) is 18.8. The van der Waals surface area contributed by atoms with Crippen molar-refractivity contribution >= 4 is 41.4 Å². The quantitative estimate of drug-likeness (QED) is 0.204. The minimum absolute atomic E-state index is 0.131. The molecule has 324 valence electrons. The minimum Gasteiger partial charge on any atom is -0.477 e. The zero-order valence-corrected chi connectivity index (χ0v) is 33.9. The van der Waals surface area contributed by atoms with Gasteiger partial charge in [-0.2, -0.15) is 26.3 Å². The molecule has 4 atom stereocenters. The van der Waals surface area contributed by atoms with Gasteiger partial charge in [0.25, 0.3) is 0 Å². The Kier molecular flexibility index (Phi) is 13.1. The molecule has 0 radical (unpaired) electrons. The molecule has 0 saturated carbocycles. The predicted molar refractivity (Wildman–Crippen MR) is 201 cm³/mol. The lowest BCUT2D eigenvalue weighted by Gasteiger charge is -2.42. The summed E-state index contributed by atoms with van der Waals surface area (Å²) in [5, 5.41) is 15.6. The molecule has 0 saturated heterocycles. The van der Waals surface area contributed by atoms with Gasteiger partial charge in [-0.05, 0) is 86.8 Å². The minimum atomic E-state index is -6.64. The first kappa shape index (κ1) is 46.3. The molecule has 1 aliphatic carbocycles. The number of amides is 5. The van der Waals surface area contributed by atoms with Gasteiger partial charge in [0.05, 0.1) is 6.04 Å². The lowest BCUT2D eigenvalue weighted by molar-refractivity contribution is -0.291. The number of aryl methyl sites for hydroxylation is 1. The summed E-state index contributed by atoms with van der Waals surface area (Å²) >= 11 is 0. The molecule has 1 aliphatic heterocycles. The Morgan fingerprint density at radius 2 is 1.51 bits per heavy atom. The largest absolute Gasteiger partial charge is 0.477 e. The number of hydrogen-bond donors (Lipinski definition) is 4. The summed E-state index contributed by atoms with van der Waals surface area (Å²) in [6.07, 6.45) is 1.15. The van der Waals surface area contributed by atoms with Crippen LogP contribution in [0.1, 0.15) is 89.6 Å². The number of carboxylic acid groups (broad SMARTS) is 1. The number of carboxylic acids is 1. The summed E-state index contributed by atoms with van der Waals surface area (Å²) in [7, 11) is 1.34. The molecule has 0 aromatic heterocycles. The Morgan fingerprint density at radius 3 is 2.10 bits per heavy atom. The molecule has 0 spiro atoms. The molecule has 0 bridgehead atoms. The van der Waals surface area contributed by atoms with Crippen molar-refractivity contribution < 1.29 is 65.0 Å². The van der Waals surface area contributed by atoms with Crippen LogP contribution >= 0.6 is 0 Å². The van der Waals surface area contributed by atoms with Crippen molar-refractivity contribution in [1.29, 1.82) is 0 Å². The van der Waals surface area contributed by atoms with Crippen molar-refractivity contribution in [2.24, 2.45) is 5.41 Å². The van der Waals surface area contributed by atoms with Gasteiger partial charge in [0.2, 0.25) is 17.7 Å². The number of hydrogen-bond acceptors (Lipinski definition) is 7. The van der Waals surface area contributed by atoms with E-state index < -0.39 is 101 Å². The smallest absolute Gasteiger partial charge is 0.411 e. The Balaban J connectivity index is 1.70. The monoisotopic (exact) mass is 841 g/mol. The Morgan fingerprint density at radius 1 is 0.881 bits per heavy atom. The normalized spacial score (nSPS) is 18.3. The van der Waals surface area contributed by atoms with Crippen molar-refractivity contribution in [1.82, 2.24) is 20.4 Å². The van der Waals surface area contributed by atoms with E-state index in [-0.39, 0.29) is 12.0 Å². The number of halogens is 6. The van der Waals surface area contributed by atoms with Crippen LogP contribution in [0.5, 0.6) is 0 Å². The molecule has 2 aromatic rings. The van der Waals surface area contributed by atoms with Crippen LogP contribution in [0.4, 0.5) is 36.8 Å². The van der Waals surface area contributed by atoms with E-state index >= 15 is 0 Å². The van der Waals surface area contributed by atoms with Crippen molar-refractivity contribution in [3.63, 3.8) is 0 Å². The van der Waals surface area contributed by atoms with Gasteiger partial charge in [-0.25, -0.2) is 9.59 Å². The molecule has 3 unspecified atom stereocenters. The van der Waals surface area contributed by atoms with Gasteiger partial charge < -0.3 is 30.7 Å². The predicted octanol–water partition coefficient (Wildman–Crippen LogP) is 5.85. The van der Waals surface area contributed by atoms with Gasteiger partial charge in [0.15, 0.2) is 0 Å². The van der Waals surface area contributed by atoms with Crippen LogP contribution in [0.2, 0.25) is 0 Å². The second-order valence-corrected chi connectivity index (χ2v) is 16.9. The number of nitrogens with zero attached hydrogens (tertiary/aromatic N) is 2. The summed E-state index contributed by atoms with van der Waals surface area (Å²) < 4.78 is 90.0. The summed E-state index contributed by atoms with van der Waals surface area (Å²) in [6, 6.07) is 6.67. The van der Waals surface area contributed by atoms with Gasteiger partial charge in [-0.15, -0.1) is 0 Å². The third kappa shape index (κ3) is 9.75. The topological polar surface area (TPSA) is 174 Å². The third-order valence-corrected chi connectivity index (χ3v) is 10.2. The van der Waals surface area contributed by atoms with Crippen LogP contribution in [0.25, 0.3) is 0 Å². The standard InChI is InChI=1S/C40H49F6N5O8/c1-21(50(8)35(58)59-37(5,6)7)30(52)49-29(36(2,3)4)32(54)51-20-24-18-25(47-33(55)38(41,42)40(45,46)39(43,44)34(56)57)17-16-23(24)19-28(51)31(53)48-27-15-11-13-22-12-9-10-14-26(22)27/h9-10,12,14,16-18,21,27-29H,11,13,15,19-20H2,1-8H3,(H,47,55)(H,48,53)(H,49,52)(H,56,57)/t21-,27?,28?,29?/m0/s1. The number of alkyl halides is 6. The summed E-state index contributed by atoms with van der Waals surface area (Å²) in [4.78, 5) is 80.6. The third-order valence-electron chi connectivity index (χ3n) is 10.2. The number of benzene rings is 2. The maximum atomic E-state index is 14.7. The van der Waals surface area contributed by atoms with Crippen molar-refractivity contribution in [2.75, 3.05) is 12.4 Å². The van der Waals surface area contributed by atoms with E-state index in [9.17, 15) is 55.1 Å². The highest BCUT2D eigenvalue weighted by molar-refractivity contribution is 5.98. The fraction of sp³-hybridized carbons (Fsp3) is 0.550. The lowest BCUT2D eigenvalue weighted by atomic mass is 9.83. The molecule has 19 heteroatoms. The molecule has 0 fully saturated rings. The van der Waals surface area contributed by atoms with E-state index in [0.29, 0.717) is 12.0 Å². The number of rotatable bonds is 11. The second kappa shape index (κ2) is 16.7. The lowest BCUT2D eigenvalue weighted by Crippen LogP contribution is -2.62. The highest BCUT2D eigenvalue weighted by Crippen LogP contribution is 2.46. The number of aliphatic carboxylic acids is 1. The zero-order chi connectivity index (χ0) is 44.6. The number of carbonyl (C=O) groups is 6. The van der Waals surface area contributed by atoms with Crippen molar-refractivity contribution in [3.8, 4) is 0 Å². The van der Waals surface area contributed by atoms with Crippen LogP contribution < -0.4 is 16.0 Å². The highest BCUT2D eigenvalue weighted by atomic mass is 19.3. The fourth-order valence-corrected chi connectivity index (χ4v) is 6.73. The van der Waals surface area contributed by atoms with Crippen LogP contribution in [0.15, 0.2) is 42.5 Å². The number of carbonyl (C=O) groups excluding carboxylic acids is 5. The number of ether oxygens (including phenoxy) is 1. The molecule has 4 rings (SSSR count). The molecular weight excluding hydrogens is 792 g/mol. The maximum Gasteiger partial charge on any atom is 0.411 e. The van der Waals surface area contributed by atoms with Crippen LogP contribution in [0.3, 0.4) is 0 Å². The molecule has 13 nitrogen and oxygen atoms in total. The average molecular weight is 842 g/mol. The summed E-state index contributed by atoms with van der Waals surface area (Å²) in [5.41, 5.74) is -0.0813. The molecule has 59 heavy (non-hydrogen) atoms. The van der Waals surface area contributed by atoms with Crippen molar-refractivity contribution in [2.45, 2.75) is 128 Å². The van der Waals surface area contributed by atoms with Crippen LogP contribution in [-0.4, -0.2) is 99.1 Å². The zero-order valence-electron chi connectivity index (χ0n) is 33.9. The van der Waals surface area contributed by atoms with E-state index in [1.165, 1.54) is 25.4 Å².